The van der Waals surface area contributed by atoms with Gasteiger partial charge in [-0.25, -0.2) is 0 Å². The maximum absolute atomic E-state index is 5.53. The lowest BCUT2D eigenvalue weighted by molar-refractivity contribution is 0.461. The van der Waals surface area contributed by atoms with E-state index in [1.807, 2.05) is 0 Å². The molecule has 4 nitrogen and oxygen atoms in total. The molecular weight excluding hydrogens is 258 g/mol. The van der Waals surface area contributed by atoms with Gasteiger partial charge in [0.1, 0.15) is 11.6 Å². The average Bonchev–Trinajstić information content (AvgIpc) is 2.17. The van der Waals surface area contributed by atoms with Gasteiger partial charge in [-0.1, -0.05) is 6.07 Å². The molecule has 0 radical (unpaired) electrons. The molecular formula is C10H8BrN3O. The third kappa shape index (κ3) is 2.66. The van der Waals surface area contributed by atoms with E-state index in [0.29, 0.717) is 17.4 Å². The van der Waals surface area contributed by atoms with Gasteiger partial charge in [-0.2, -0.15) is 4.98 Å². The number of ether oxygens (including phenoxy) is 1. The second-order valence-corrected chi connectivity index (χ2v) is 3.76. The van der Waals surface area contributed by atoms with E-state index in [-0.39, 0.29) is 0 Å². The molecule has 15 heavy (non-hydrogen) atoms. The molecule has 76 valence electrons. The van der Waals surface area contributed by atoms with Gasteiger partial charge in [0.05, 0.1) is 6.20 Å². The van der Waals surface area contributed by atoms with Crippen molar-refractivity contribution in [3.8, 4) is 11.6 Å². The van der Waals surface area contributed by atoms with Gasteiger partial charge in [0, 0.05) is 16.7 Å². The summed E-state index contributed by atoms with van der Waals surface area (Å²) in [5.74, 6) is 1.49. The van der Waals surface area contributed by atoms with E-state index in [1.165, 1.54) is 0 Å². The maximum Gasteiger partial charge on any atom is 0.221 e. The molecule has 0 spiro atoms. The summed E-state index contributed by atoms with van der Waals surface area (Å²) in [6.45, 7) is 0. The molecule has 2 aromatic heterocycles. The monoisotopic (exact) mass is 265 g/mol. The Bertz CT molecular complexity index is 432. The average molecular weight is 266 g/mol. The van der Waals surface area contributed by atoms with Crippen molar-refractivity contribution >= 4 is 21.7 Å². The molecule has 5 heteroatoms. The van der Waals surface area contributed by atoms with Crippen molar-refractivity contribution in [2.75, 3.05) is 5.73 Å². The standard InChI is InChI=1S/C10H8BrN3O/c11-7-4-8(6-13-5-7)15-10-3-1-2-9(12)14-10/h1-6H,(H2,12,14). The Balaban J connectivity index is 2.22. The van der Waals surface area contributed by atoms with Crippen LogP contribution in [0.5, 0.6) is 11.6 Å². The van der Waals surface area contributed by atoms with Crippen LogP contribution in [0.25, 0.3) is 0 Å². The topological polar surface area (TPSA) is 61.0 Å². The Morgan fingerprint density at radius 2 is 2.13 bits per heavy atom. The van der Waals surface area contributed by atoms with Crippen molar-refractivity contribution in [2.45, 2.75) is 0 Å². The summed E-state index contributed by atoms with van der Waals surface area (Å²) in [7, 11) is 0. The summed E-state index contributed by atoms with van der Waals surface area (Å²) in [6, 6.07) is 7.02. The number of nitrogens with two attached hydrogens (primary N) is 1. The Labute approximate surface area is 95.2 Å². The van der Waals surface area contributed by atoms with E-state index in [4.69, 9.17) is 10.5 Å². The van der Waals surface area contributed by atoms with Gasteiger partial charge >= 0.3 is 0 Å². The fraction of sp³-hybridized carbons (Fsp3) is 0. The molecule has 2 heterocycles. The van der Waals surface area contributed by atoms with Crippen LogP contribution in [-0.4, -0.2) is 9.97 Å². The SMILES string of the molecule is Nc1cccc(Oc2cncc(Br)c2)n1. The normalized spacial score (nSPS) is 9.93. The minimum absolute atomic E-state index is 0.426. The molecule has 0 aliphatic carbocycles. The Hall–Kier alpha value is -1.62. The minimum atomic E-state index is 0.426. The summed E-state index contributed by atoms with van der Waals surface area (Å²) in [5, 5.41) is 0. The highest BCUT2D eigenvalue weighted by Crippen LogP contribution is 2.21. The van der Waals surface area contributed by atoms with Crippen LogP contribution in [0, 0.1) is 0 Å². The third-order valence-electron chi connectivity index (χ3n) is 1.65. The van der Waals surface area contributed by atoms with Crippen LogP contribution in [0.1, 0.15) is 0 Å². The number of anilines is 1. The first-order valence-corrected chi connectivity index (χ1v) is 5.04. The second-order valence-electron chi connectivity index (χ2n) is 2.84. The van der Waals surface area contributed by atoms with Gasteiger partial charge in [0.2, 0.25) is 5.88 Å². The molecule has 0 atom stereocenters. The number of hydrogen-bond acceptors (Lipinski definition) is 4. The minimum Gasteiger partial charge on any atom is -0.437 e. The van der Waals surface area contributed by atoms with Gasteiger partial charge in [-0.3, -0.25) is 4.98 Å². The quantitative estimate of drug-likeness (QED) is 0.907. The van der Waals surface area contributed by atoms with Gasteiger partial charge in [-0.15, -0.1) is 0 Å². The van der Waals surface area contributed by atoms with E-state index >= 15 is 0 Å². The molecule has 0 bridgehead atoms. The fourth-order valence-electron chi connectivity index (χ4n) is 1.06. The third-order valence-corrected chi connectivity index (χ3v) is 2.08. The van der Waals surface area contributed by atoms with Crippen molar-refractivity contribution in [1.82, 2.24) is 9.97 Å². The zero-order valence-corrected chi connectivity index (χ0v) is 9.31. The molecule has 0 saturated carbocycles. The van der Waals surface area contributed by atoms with E-state index in [9.17, 15) is 0 Å². The highest BCUT2D eigenvalue weighted by Gasteiger charge is 1.99. The van der Waals surface area contributed by atoms with Crippen LogP contribution in [0.2, 0.25) is 0 Å². The van der Waals surface area contributed by atoms with Crippen LogP contribution in [-0.2, 0) is 0 Å². The second kappa shape index (κ2) is 4.27. The molecule has 2 rings (SSSR count). The lowest BCUT2D eigenvalue weighted by Gasteiger charge is -2.04. The van der Waals surface area contributed by atoms with Crippen molar-refractivity contribution < 1.29 is 4.74 Å². The highest BCUT2D eigenvalue weighted by molar-refractivity contribution is 9.10. The number of halogens is 1. The summed E-state index contributed by atoms with van der Waals surface area (Å²) in [5.41, 5.74) is 5.53. The number of hydrogen-bond donors (Lipinski definition) is 1. The van der Waals surface area contributed by atoms with Gasteiger partial charge in [0.25, 0.3) is 0 Å². The first-order valence-electron chi connectivity index (χ1n) is 4.25. The molecule has 0 saturated heterocycles. The summed E-state index contributed by atoms with van der Waals surface area (Å²) in [4.78, 5) is 7.98. The largest absolute Gasteiger partial charge is 0.437 e. The fourth-order valence-corrected chi connectivity index (χ4v) is 1.40. The maximum atomic E-state index is 5.53. The summed E-state index contributed by atoms with van der Waals surface area (Å²) < 4.78 is 6.31. The Morgan fingerprint density at radius 1 is 1.27 bits per heavy atom. The highest BCUT2D eigenvalue weighted by atomic mass is 79.9. The Kier molecular flexibility index (Phi) is 2.82. The molecule has 2 aromatic rings. The van der Waals surface area contributed by atoms with Crippen LogP contribution in [0.15, 0.2) is 41.1 Å². The van der Waals surface area contributed by atoms with E-state index < -0.39 is 0 Å². The van der Waals surface area contributed by atoms with Gasteiger partial charge in [-0.05, 0) is 28.1 Å². The number of pyridine rings is 2. The van der Waals surface area contributed by atoms with Crippen molar-refractivity contribution in [1.29, 1.82) is 0 Å². The summed E-state index contributed by atoms with van der Waals surface area (Å²) >= 11 is 3.30. The molecule has 0 unspecified atom stereocenters. The smallest absolute Gasteiger partial charge is 0.221 e. The first kappa shape index (κ1) is 9.92. The van der Waals surface area contributed by atoms with E-state index in [2.05, 4.69) is 25.9 Å². The van der Waals surface area contributed by atoms with Crippen LogP contribution < -0.4 is 10.5 Å². The van der Waals surface area contributed by atoms with Crippen molar-refractivity contribution in [3.05, 3.63) is 41.1 Å². The van der Waals surface area contributed by atoms with Crippen LogP contribution in [0.3, 0.4) is 0 Å². The lowest BCUT2D eigenvalue weighted by Crippen LogP contribution is -1.93. The molecule has 0 fully saturated rings. The summed E-state index contributed by atoms with van der Waals surface area (Å²) in [6.07, 6.45) is 3.29. The molecule has 0 aliphatic rings. The number of nitrogen functional groups attached to an aromatic ring is 1. The van der Waals surface area contributed by atoms with Crippen LogP contribution in [0.4, 0.5) is 5.82 Å². The number of rotatable bonds is 2. The molecule has 2 N–H and O–H groups in total. The van der Waals surface area contributed by atoms with Crippen LogP contribution >= 0.6 is 15.9 Å². The molecule has 0 aromatic carbocycles. The van der Waals surface area contributed by atoms with E-state index in [0.717, 1.165) is 4.47 Å². The Morgan fingerprint density at radius 3 is 2.87 bits per heavy atom. The first-order chi connectivity index (χ1) is 7.24. The zero-order valence-electron chi connectivity index (χ0n) is 7.72. The van der Waals surface area contributed by atoms with E-state index in [1.54, 1.807) is 36.7 Å². The molecule has 0 aliphatic heterocycles. The molecule has 0 amide bonds. The predicted octanol–water partition coefficient (Wildman–Crippen LogP) is 2.61. The van der Waals surface area contributed by atoms with Gasteiger partial charge < -0.3 is 10.5 Å². The number of nitrogens with zero attached hydrogens (tertiary/aromatic N) is 2. The van der Waals surface area contributed by atoms with Crippen molar-refractivity contribution in [2.24, 2.45) is 0 Å². The van der Waals surface area contributed by atoms with Gasteiger partial charge in [0.15, 0.2) is 0 Å². The zero-order chi connectivity index (χ0) is 10.7. The van der Waals surface area contributed by atoms with Crippen molar-refractivity contribution in [3.63, 3.8) is 0 Å². The lowest BCUT2D eigenvalue weighted by atomic mass is 10.4. The predicted molar refractivity (Wildman–Crippen MR) is 60.7 cm³/mol. The number of aromatic nitrogens is 2.